The first kappa shape index (κ1) is 20.2. The number of H-pyrrole nitrogens is 1. The van der Waals surface area contributed by atoms with E-state index in [2.05, 4.69) is 30.8 Å². The zero-order chi connectivity index (χ0) is 20.3. The number of nitrogens with one attached hydrogen (secondary N) is 3. The first-order chi connectivity index (χ1) is 14.3. The Kier molecular flexibility index (Phi) is 7.50. The van der Waals surface area contributed by atoms with Crippen LogP contribution < -0.4 is 20.1 Å². The number of furan rings is 1. The van der Waals surface area contributed by atoms with E-state index >= 15 is 0 Å². The highest BCUT2D eigenvalue weighted by Crippen LogP contribution is 2.16. The number of nitrogens with zero attached hydrogens (tertiary/aromatic N) is 3. The maximum absolute atomic E-state index is 5.71. The Hall–Kier alpha value is -3.49. The number of aromatic amines is 1. The molecule has 0 atom stereocenters. The Morgan fingerprint density at radius 3 is 2.72 bits per heavy atom. The molecule has 0 amide bonds. The van der Waals surface area contributed by atoms with Gasteiger partial charge in [0.15, 0.2) is 11.7 Å². The van der Waals surface area contributed by atoms with Gasteiger partial charge in [0.25, 0.3) is 0 Å². The van der Waals surface area contributed by atoms with Gasteiger partial charge in [-0.25, -0.2) is 4.98 Å². The van der Waals surface area contributed by atoms with Crippen LogP contribution in [-0.2, 0) is 6.42 Å². The number of ether oxygens (including phenoxy) is 2. The molecule has 0 spiro atoms. The molecule has 2 heterocycles. The van der Waals surface area contributed by atoms with Gasteiger partial charge in [0.2, 0.25) is 5.82 Å². The van der Waals surface area contributed by atoms with Gasteiger partial charge in [-0.1, -0.05) is 0 Å². The van der Waals surface area contributed by atoms with Crippen molar-refractivity contribution in [2.45, 2.75) is 13.3 Å². The van der Waals surface area contributed by atoms with E-state index in [0.717, 1.165) is 29.8 Å². The number of hydrogen-bond donors (Lipinski definition) is 3. The lowest BCUT2D eigenvalue weighted by Gasteiger charge is -2.12. The summed E-state index contributed by atoms with van der Waals surface area (Å²) in [7, 11) is 1.64. The lowest BCUT2D eigenvalue weighted by Crippen LogP contribution is -2.39. The average Bonchev–Trinajstić information content (AvgIpc) is 3.43. The molecule has 2 aromatic heterocycles. The van der Waals surface area contributed by atoms with Gasteiger partial charge in [-0.3, -0.25) is 10.1 Å². The lowest BCUT2D eigenvalue weighted by molar-refractivity contribution is 0.321. The molecule has 0 aliphatic carbocycles. The van der Waals surface area contributed by atoms with Crippen LogP contribution in [-0.4, -0.2) is 54.5 Å². The fourth-order valence-electron chi connectivity index (χ4n) is 2.55. The van der Waals surface area contributed by atoms with E-state index in [9.17, 15) is 0 Å². The number of benzene rings is 1. The standard InChI is InChI=1S/C20H26N6O3/c1-3-21-20(23-12-14-28-16-8-6-15(27-2)7-9-16)22-11-10-18-24-19(26-25-18)17-5-4-13-29-17/h4-9,13H,3,10-12,14H2,1-2H3,(H2,21,22,23)(H,24,25,26). The highest BCUT2D eigenvalue weighted by molar-refractivity contribution is 5.79. The van der Waals surface area contributed by atoms with Gasteiger partial charge in [0.05, 0.1) is 19.9 Å². The number of hydrogen-bond acceptors (Lipinski definition) is 6. The van der Waals surface area contributed by atoms with Crippen LogP contribution in [0, 0.1) is 0 Å². The van der Waals surface area contributed by atoms with E-state index in [0.29, 0.717) is 37.7 Å². The fraction of sp³-hybridized carbons (Fsp3) is 0.350. The first-order valence-electron chi connectivity index (χ1n) is 9.52. The summed E-state index contributed by atoms with van der Waals surface area (Å²) in [5.41, 5.74) is 0. The third kappa shape index (κ3) is 6.27. The molecule has 0 aliphatic rings. The maximum Gasteiger partial charge on any atom is 0.216 e. The summed E-state index contributed by atoms with van der Waals surface area (Å²) in [6.45, 7) is 4.52. The smallest absolute Gasteiger partial charge is 0.216 e. The highest BCUT2D eigenvalue weighted by atomic mass is 16.5. The summed E-state index contributed by atoms with van der Waals surface area (Å²) >= 11 is 0. The van der Waals surface area contributed by atoms with Crippen molar-refractivity contribution in [2.24, 2.45) is 4.99 Å². The minimum atomic E-state index is 0.519. The largest absolute Gasteiger partial charge is 0.497 e. The van der Waals surface area contributed by atoms with Crippen molar-refractivity contribution in [1.29, 1.82) is 0 Å². The first-order valence-corrected chi connectivity index (χ1v) is 9.52. The van der Waals surface area contributed by atoms with Crippen molar-refractivity contribution in [3.8, 4) is 23.1 Å². The quantitative estimate of drug-likeness (QED) is 0.273. The molecule has 0 radical (unpaired) electrons. The molecule has 3 N–H and O–H groups in total. The van der Waals surface area contributed by atoms with Gasteiger partial charge in [0.1, 0.15) is 23.9 Å². The topological polar surface area (TPSA) is 110 Å². The minimum Gasteiger partial charge on any atom is -0.497 e. The van der Waals surface area contributed by atoms with Crippen molar-refractivity contribution in [3.05, 3.63) is 48.5 Å². The summed E-state index contributed by atoms with van der Waals surface area (Å²) in [5, 5.41) is 13.5. The van der Waals surface area contributed by atoms with Crippen LogP contribution in [0.2, 0.25) is 0 Å². The SMILES string of the molecule is CCNC(=NCCc1nc(-c2ccco2)n[nH]1)NCCOc1ccc(OC)cc1. The van der Waals surface area contributed by atoms with Crippen molar-refractivity contribution in [3.63, 3.8) is 0 Å². The molecule has 9 nitrogen and oxygen atoms in total. The fourth-order valence-corrected chi connectivity index (χ4v) is 2.55. The Labute approximate surface area is 169 Å². The second-order valence-corrected chi connectivity index (χ2v) is 6.04. The Bertz CT molecular complexity index is 874. The second-order valence-electron chi connectivity index (χ2n) is 6.04. The number of aliphatic imine (C=N–C) groups is 1. The van der Waals surface area contributed by atoms with Crippen molar-refractivity contribution >= 4 is 5.96 Å². The van der Waals surface area contributed by atoms with Crippen LogP contribution >= 0.6 is 0 Å². The molecule has 29 heavy (non-hydrogen) atoms. The Morgan fingerprint density at radius 2 is 2.00 bits per heavy atom. The molecule has 154 valence electrons. The van der Waals surface area contributed by atoms with Crippen LogP contribution in [0.1, 0.15) is 12.7 Å². The monoisotopic (exact) mass is 398 g/mol. The Balaban J connectivity index is 1.42. The number of aromatic nitrogens is 3. The third-order valence-corrected chi connectivity index (χ3v) is 3.96. The Morgan fingerprint density at radius 1 is 1.17 bits per heavy atom. The molecule has 0 saturated carbocycles. The normalized spacial score (nSPS) is 11.3. The third-order valence-electron chi connectivity index (χ3n) is 3.96. The molecular weight excluding hydrogens is 372 g/mol. The summed E-state index contributed by atoms with van der Waals surface area (Å²) in [6.07, 6.45) is 2.25. The predicted molar refractivity (Wildman–Crippen MR) is 110 cm³/mol. The molecule has 0 aliphatic heterocycles. The van der Waals surface area contributed by atoms with Crippen LogP contribution in [0.3, 0.4) is 0 Å². The summed E-state index contributed by atoms with van der Waals surface area (Å²) < 4.78 is 16.1. The van der Waals surface area contributed by atoms with Gasteiger partial charge < -0.3 is 24.5 Å². The summed E-state index contributed by atoms with van der Waals surface area (Å²) in [5.74, 6) is 4.29. The lowest BCUT2D eigenvalue weighted by atomic mass is 10.3. The summed E-state index contributed by atoms with van der Waals surface area (Å²) in [6, 6.07) is 11.1. The zero-order valence-corrected chi connectivity index (χ0v) is 16.6. The molecular formula is C20H26N6O3. The molecule has 3 rings (SSSR count). The molecule has 1 aromatic carbocycles. The van der Waals surface area contributed by atoms with Crippen molar-refractivity contribution in [1.82, 2.24) is 25.8 Å². The molecule has 0 unspecified atom stereocenters. The molecule has 0 fully saturated rings. The van der Waals surface area contributed by atoms with E-state index in [-0.39, 0.29) is 0 Å². The number of rotatable bonds is 10. The van der Waals surface area contributed by atoms with Crippen LogP contribution in [0.15, 0.2) is 52.1 Å². The number of methoxy groups -OCH3 is 1. The van der Waals surface area contributed by atoms with Gasteiger partial charge in [-0.2, -0.15) is 5.10 Å². The predicted octanol–water partition coefficient (Wildman–Crippen LogP) is 2.25. The van der Waals surface area contributed by atoms with Crippen molar-refractivity contribution in [2.75, 3.05) is 33.4 Å². The van der Waals surface area contributed by atoms with Crippen molar-refractivity contribution < 1.29 is 13.9 Å². The van der Waals surface area contributed by atoms with E-state index in [1.165, 1.54) is 0 Å². The molecule has 0 bridgehead atoms. The van der Waals surface area contributed by atoms with Crippen LogP contribution in [0.4, 0.5) is 0 Å². The van der Waals surface area contributed by atoms with Gasteiger partial charge in [0, 0.05) is 19.5 Å². The highest BCUT2D eigenvalue weighted by Gasteiger charge is 2.08. The summed E-state index contributed by atoms with van der Waals surface area (Å²) in [4.78, 5) is 8.98. The number of guanidine groups is 1. The van der Waals surface area contributed by atoms with Gasteiger partial charge in [-0.15, -0.1) is 0 Å². The van der Waals surface area contributed by atoms with E-state index in [4.69, 9.17) is 13.9 Å². The average molecular weight is 398 g/mol. The van der Waals surface area contributed by atoms with Gasteiger partial charge in [-0.05, 0) is 43.3 Å². The van der Waals surface area contributed by atoms with Crippen LogP contribution in [0.25, 0.3) is 11.6 Å². The van der Waals surface area contributed by atoms with E-state index in [1.54, 1.807) is 13.4 Å². The van der Waals surface area contributed by atoms with Gasteiger partial charge >= 0.3 is 0 Å². The molecule has 9 heteroatoms. The van der Waals surface area contributed by atoms with E-state index in [1.807, 2.05) is 43.3 Å². The second kappa shape index (κ2) is 10.7. The maximum atomic E-state index is 5.71. The molecule has 0 saturated heterocycles. The molecule has 3 aromatic rings. The van der Waals surface area contributed by atoms with E-state index < -0.39 is 0 Å². The van der Waals surface area contributed by atoms with Crippen LogP contribution in [0.5, 0.6) is 11.5 Å². The zero-order valence-electron chi connectivity index (χ0n) is 16.6. The minimum absolute atomic E-state index is 0.519.